The Labute approximate surface area is 58.9 Å². The van der Waals surface area contributed by atoms with E-state index in [1.54, 1.807) is 6.92 Å². The molecule has 0 aromatic heterocycles. The third-order valence-corrected chi connectivity index (χ3v) is 0.784. The maximum Gasteiger partial charge on any atom is 0.404 e. The van der Waals surface area contributed by atoms with Gasteiger partial charge in [0.1, 0.15) is 6.10 Å². The summed E-state index contributed by atoms with van der Waals surface area (Å²) in [5.41, 5.74) is -0.792. The summed E-state index contributed by atoms with van der Waals surface area (Å²) in [5, 5.41) is 0. The Morgan fingerprint density at radius 3 is 2.67 bits per heavy atom. The first kappa shape index (κ1) is 8.72. The number of methoxy groups -OCH3 is 1. The molecule has 0 aliphatic carbocycles. The molecule has 0 aromatic carbocycles. The molecule has 4 heteroatoms. The highest BCUT2D eigenvalue weighted by molar-refractivity contribution is 6.61. The number of hydrogen-bond acceptors (Lipinski definition) is 3. The summed E-state index contributed by atoms with van der Waals surface area (Å²) in [7, 11) is 1.53. The van der Waals surface area contributed by atoms with E-state index in [1.807, 2.05) is 0 Å². The molecule has 0 fully saturated rings. The van der Waals surface area contributed by atoms with Crippen molar-refractivity contribution < 1.29 is 14.3 Å². The van der Waals surface area contributed by atoms with Crippen molar-refractivity contribution in [2.75, 3.05) is 13.7 Å². The molecule has 0 amide bonds. The molecule has 9 heavy (non-hydrogen) atoms. The van der Waals surface area contributed by atoms with Crippen LogP contribution in [0.1, 0.15) is 6.92 Å². The van der Waals surface area contributed by atoms with Gasteiger partial charge in [-0.3, -0.25) is 0 Å². The van der Waals surface area contributed by atoms with Crippen molar-refractivity contribution in [3.63, 3.8) is 0 Å². The molecule has 0 aromatic rings. The SMILES string of the molecule is COC[C@H](C)OC(=O)Cl. The molecule has 0 radical (unpaired) electrons. The zero-order chi connectivity index (χ0) is 7.28. The standard InChI is InChI=1S/C5H9ClO3/c1-4(3-8-2)9-5(6)7/h4H,3H2,1-2H3/t4-/m0/s1. The molecule has 0 saturated heterocycles. The molecule has 0 aliphatic rings. The molecule has 0 saturated carbocycles. The van der Waals surface area contributed by atoms with E-state index in [0.29, 0.717) is 6.61 Å². The van der Waals surface area contributed by atoms with Crippen LogP contribution in [0.5, 0.6) is 0 Å². The lowest BCUT2D eigenvalue weighted by Gasteiger charge is -2.07. The highest BCUT2D eigenvalue weighted by Gasteiger charge is 2.04. The topological polar surface area (TPSA) is 35.5 Å². The van der Waals surface area contributed by atoms with Gasteiger partial charge in [0.15, 0.2) is 0 Å². The van der Waals surface area contributed by atoms with Crippen LogP contribution >= 0.6 is 11.6 Å². The summed E-state index contributed by atoms with van der Waals surface area (Å²) in [6.07, 6.45) is -0.264. The number of ether oxygens (including phenoxy) is 2. The highest BCUT2D eigenvalue weighted by Crippen LogP contribution is 1.95. The zero-order valence-electron chi connectivity index (χ0n) is 5.39. The van der Waals surface area contributed by atoms with Gasteiger partial charge in [-0.2, -0.15) is 0 Å². The Bertz CT molecular complexity index is 94.2. The minimum atomic E-state index is -0.792. The smallest absolute Gasteiger partial charge is 0.404 e. The maximum absolute atomic E-state index is 10.0. The van der Waals surface area contributed by atoms with Crippen molar-refractivity contribution in [1.82, 2.24) is 0 Å². The van der Waals surface area contributed by atoms with Gasteiger partial charge in [-0.1, -0.05) is 0 Å². The van der Waals surface area contributed by atoms with E-state index in [0.717, 1.165) is 0 Å². The van der Waals surface area contributed by atoms with Gasteiger partial charge < -0.3 is 9.47 Å². The predicted molar refractivity (Wildman–Crippen MR) is 33.7 cm³/mol. The molecule has 1 atom stereocenters. The third kappa shape index (κ3) is 5.59. The van der Waals surface area contributed by atoms with E-state index in [9.17, 15) is 4.79 Å². The Balaban J connectivity index is 3.26. The van der Waals surface area contributed by atoms with E-state index in [4.69, 9.17) is 11.6 Å². The summed E-state index contributed by atoms with van der Waals surface area (Å²) in [6, 6.07) is 0. The fourth-order valence-electron chi connectivity index (χ4n) is 0.427. The van der Waals surface area contributed by atoms with Gasteiger partial charge in [-0.05, 0) is 6.92 Å². The summed E-state index contributed by atoms with van der Waals surface area (Å²) in [6.45, 7) is 2.07. The number of carbonyl (C=O) groups is 1. The van der Waals surface area contributed by atoms with Crippen LogP contribution in [-0.4, -0.2) is 25.2 Å². The Morgan fingerprint density at radius 1 is 1.78 bits per heavy atom. The first-order valence-electron chi connectivity index (χ1n) is 2.52. The van der Waals surface area contributed by atoms with Crippen molar-refractivity contribution in [3.05, 3.63) is 0 Å². The van der Waals surface area contributed by atoms with Crippen LogP contribution in [-0.2, 0) is 9.47 Å². The molecule has 0 N–H and O–H groups in total. The number of halogens is 1. The molecular formula is C5H9ClO3. The summed E-state index contributed by atoms with van der Waals surface area (Å²) < 4.78 is 9.16. The van der Waals surface area contributed by atoms with Gasteiger partial charge in [0.05, 0.1) is 6.61 Å². The predicted octanol–water partition coefficient (Wildman–Crippen LogP) is 1.40. The van der Waals surface area contributed by atoms with Crippen molar-refractivity contribution in [3.8, 4) is 0 Å². The van der Waals surface area contributed by atoms with Gasteiger partial charge in [-0.15, -0.1) is 0 Å². The summed E-state index contributed by atoms with van der Waals surface area (Å²) >= 11 is 4.89. The van der Waals surface area contributed by atoms with Crippen LogP contribution in [0.2, 0.25) is 0 Å². The van der Waals surface area contributed by atoms with Crippen LogP contribution in [0.4, 0.5) is 4.79 Å². The second-order valence-electron chi connectivity index (χ2n) is 1.62. The van der Waals surface area contributed by atoms with E-state index < -0.39 is 5.43 Å². The molecular weight excluding hydrogens is 144 g/mol. The molecule has 0 rings (SSSR count). The monoisotopic (exact) mass is 152 g/mol. The fourth-order valence-corrected chi connectivity index (χ4v) is 0.579. The van der Waals surface area contributed by atoms with Crippen molar-refractivity contribution >= 4 is 17.0 Å². The highest BCUT2D eigenvalue weighted by atomic mass is 35.5. The maximum atomic E-state index is 10.0. The minimum Gasteiger partial charge on any atom is -0.448 e. The van der Waals surface area contributed by atoms with Crippen LogP contribution in [0, 0.1) is 0 Å². The van der Waals surface area contributed by atoms with Gasteiger partial charge >= 0.3 is 5.43 Å². The minimum absolute atomic E-state index is 0.264. The quantitative estimate of drug-likeness (QED) is 0.574. The first-order chi connectivity index (χ1) is 4.16. The van der Waals surface area contributed by atoms with Crippen LogP contribution in [0.15, 0.2) is 0 Å². The number of hydrogen-bond donors (Lipinski definition) is 0. The summed E-state index contributed by atoms with van der Waals surface area (Å²) in [5.74, 6) is 0. The van der Waals surface area contributed by atoms with E-state index in [1.165, 1.54) is 7.11 Å². The summed E-state index contributed by atoms with van der Waals surface area (Å²) in [4.78, 5) is 10.0. The lowest BCUT2D eigenvalue weighted by molar-refractivity contribution is 0.0621. The van der Waals surface area contributed by atoms with E-state index in [-0.39, 0.29) is 6.10 Å². The first-order valence-corrected chi connectivity index (χ1v) is 2.89. The molecule has 0 bridgehead atoms. The Hall–Kier alpha value is -0.280. The molecule has 0 heterocycles. The second-order valence-corrected chi connectivity index (χ2v) is 1.93. The average molecular weight is 153 g/mol. The number of rotatable bonds is 3. The second kappa shape index (κ2) is 4.58. The molecule has 0 unspecified atom stereocenters. The number of carbonyl (C=O) groups excluding carboxylic acids is 1. The molecule has 54 valence electrons. The largest absolute Gasteiger partial charge is 0.448 e. The lowest BCUT2D eigenvalue weighted by Crippen LogP contribution is -2.15. The van der Waals surface area contributed by atoms with E-state index >= 15 is 0 Å². The fraction of sp³-hybridized carbons (Fsp3) is 0.800. The Kier molecular flexibility index (Phi) is 4.44. The van der Waals surface area contributed by atoms with Crippen LogP contribution in [0.3, 0.4) is 0 Å². The van der Waals surface area contributed by atoms with Crippen LogP contribution in [0.25, 0.3) is 0 Å². The van der Waals surface area contributed by atoms with E-state index in [2.05, 4.69) is 9.47 Å². The van der Waals surface area contributed by atoms with Gasteiger partial charge in [0.2, 0.25) is 0 Å². The van der Waals surface area contributed by atoms with Gasteiger partial charge in [-0.25, -0.2) is 4.79 Å². The van der Waals surface area contributed by atoms with Crippen molar-refractivity contribution in [1.29, 1.82) is 0 Å². The third-order valence-electron chi connectivity index (χ3n) is 0.695. The lowest BCUT2D eigenvalue weighted by atomic mass is 10.4. The van der Waals surface area contributed by atoms with Gasteiger partial charge in [0, 0.05) is 18.7 Å². The van der Waals surface area contributed by atoms with Crippen LogP contribution < -0.4 is 0 Å². The average Bonchev–Trinajstić information content (AvgIpc) is 1.63. The normalized spacial score (nSPS) is 12.8. The Morgan fingerprint density at radius 2 is 2.33 bits per heavy atom. The van der Waals surface area contributed by atoms with Crippen molar-refractivity contribution in [2.45, 2.75) is 13.0 Å². The van der Waals surface area contributed by atoms with Crippen molar-refractivity contribution in [2.24, 2.45) is 0 Å². The molecule has 3 nitrogen and oxygen atoms in total. The zero-order valence-corrected chi connectivity index (χ0v) is 6.14. The molecule has 0 aliphatic heterocycles. The van der Waals surface area contributed by atoms with Gasteiger partial charge in [0.25, 0.3) is 0 Å². The molecule has 0 spiro atoms.